The van der Waals surface area contributed by atoms with E-state index in [0.717, 1.165) is 12.1 Å². The average Bonchev–Trinajstić information content (AvgIpc) is 2.07. The number of thiol groups is 1. The molecule has 1 rings (SSSR count). The summed E-state index contributed by atoms with van der Waals surface area (Å²) in [4.78, 5) is 11.0. The molecule has 0 unspecified atom stereocenters. The number of benzene rings is 1. The molecule has 0 aliphatic heterocycles. The molecule has 0 aliphatic rings. The fraction of sp³-hybridized carbons (Fsp3) is 0.125. The molecule has 0 atom stereocenters. The number of alkyl halides is 2. The molecule has 0 saturated heterocycles. The summed E-state index contributed by atoms with van der Waals surface area (Å²) < 4.78 is 27.7. The molecule has 0 aromatic heterocycles. The zero-order valence-electron chi connectivity index (χ0n) is 6.78. The van der Waals surface area contributed by atoms with E-state index in [1.807, 2.05) is 0 Å². The van der Waals surface area contributed by atoms with Gasteiger partial charge >= 0.3 is 12.6 Å². The van der Waals surface area contributed by atoms with Gasteiger partial charge in [0.2, 0.25) is 0 Å². The predicted molar refractivity (Wildman–Crippen MR) is 47.3 cm³/mol. The molecule has 76 valence electrons. The van der Waals surface area contributed by atoms with Crippen LogP contribution in [-0.2, 0) is 0 Å². The van der Waals surface area contributed by atoms with Crippen LogP contribution in [0.3, 0.4) is 0 Å². The monoisotopic (exact) mass is 220 g/mol. The number of hydrogen-bond donors (Lipinski definition) is 2. The lowest BCUT2D eigenvalue weighted by molar-refractivity contribution is -0.0503. The molecule has 3 nitrogen and oxygen atoms in total. The fourth-order valence-corrected chi connectivity index (χ4v) is 1.09. The van der Waals surface area contributed by atoms with E-state index in [4.69, 9.17) is 5.11 Å². The number of carbonyl (C=O) groups is 1. The summed E-state index contributed by atoms with van der Waals surface area (Å²) in [5.74, 6) is -1.71. The van der Waals surface area contributed by atoms with Crippen molar-refractivity contribution in [1.82, 2.24) is 0 Å². The van der Waals surface area contributed by atoms with E-state index < -0.39 is 12.6 Å². The molecule has 0 aliphatic carbocycles. The van der Waals surface area contributed by atoms with Crippen LogP contribution in [0.1, 0.15) is 10.4 Å². The van der Waals surface area contributed by atoms with Crippen LogP contribution >= 0.6 is 12.6 Å². The third kappa shape index (κ3) is 2.59. The van der Waals surface area contributed by atoms with Crippen molar-refractivity contribution in [3.05, 3.63) is 23.8 Å². The van der Waals surface area contributed by atoms with Crippen LogP contribution in [0.2, 0.25) is 0 Å². The largest absolute Gasteiger partial charge is 0.478 e. The van der Waals surface area contributed by atoms with Gasteiger partial charge in [0, 0.05) is 4.90 Å². The molecule has 0 bridgehead atoms. The highest BCUT2D eigenvalue weighted by Crippen LogP contribution is 2.23. The standard InChI is InChI=1S/C8H6F2O3S/c9-8(10)13-6-2-1-4(14)3-5(6)7(11)12/h1-3,8,14H,(H,11,12). The summed E-state index contributed by atoms with van der Waals surface area (Å²) in [5.41, 5.74) is -0.335. The zero-order chi connectivity index (χ0) is 10.7. The molecule has 1 aromatic rings. The minimum Gasteiger partial charge on any atom is -0.478 e. The minimum atomic E-state index is -3.04. The highest BCUT2D eigenvalue weighted by atomic mass is 32.1. The number of rotatable bonds is 3. The first-order valence-corrected chi connectivity index (χ1v) is 3.96. The first-order chi connectivity index (χ1) is 6.50. The Kier molecular flexibility index (Phi) is 3.29. The highest BCUT2D eigenvalue weighted by Gasteiger charge is 2.14. The molecule has 0 saturated carbocycles. The molecule has 0 spiro atoms. The van der Waals surface area contributed by atoms with Crippen molar-refractivity contribution >= 4 is 18.6 Å². The maximum Gasteiger partial charge on any atom is 0.387 e. The number of hydrogen-bond acceptors (Lipinski definition) is 3. The minimum absolute atomic E-state index is 0.335. The highest BCUT2D eigenvalue weighted by molar-refractivity contribution is 7.80. The number of carboxylic acid groups (broad SMARTS) is 1. The SMILES string of the molecule is O=C(O)c1cc(S)ccc1OC(F)F. The second-order valence-corrected chi connectivity index (χ2v) is 2.88. The summed E-state index contributed by atoms with van der Waals surface area (Å²) >= 11 is 3.88. The topological polar surface area (TPSA) is 46.5 Å². The van der Waals surface area contributed by atoms with E-state index in [0.29, 0.717) is 4.90 Å². The number of ether oxygens (including phenoxy) is 1. The molecular weight excluding hydrogens is 214 g/mol. The number of halogens is 2. The Balaban J connectivity index is 3.08. The summed E-state index contributed by atoms with van der Waals surface area (Å²) in [6.45, 7) is -3.04. The molecule has 14 heavy (non-hydrogen) atoms. The van der Waals surface area contributed by atoms with Crippen LogP contribution in [0.25, 0.3) is 0 Å². The Morgan fingerprint density at radius 3 is 2.64 bits per heavy atom. The quantitative estimate of drug-likeness (QED) is 0.768. The van der Waals surface area contributed by atoms with Crippen LogP contribution in [0.4, 0.5) is 8.78 Å². The van der Waals surface area contributed by atoms with Crippen molar-refractivity contribution in [3.8, 4) is 5.75 Å². The van der Waals surface area contributed by atoms with Crippen molar-refractivity contribution in [3.63, 3.8) is 0 Å². The van der Waals surface area contributed by atoms with Crippen molar-refractivity contribution < 1.29 is 23.4 Å². The molecule has 6 heteroatoms. The fourth-order valence-electron chi connectivity index (χ4n) is 0.884. The molecule has 1 N–H and O–H groups in total. The Morgan fingerprint density at radius 1 is 1.50 bits per heavy atom. The van der Waals surface area contributed by atoms with Gasteiger partial charge in [-0.25, -0.2) is 4.79 Å². The Labute approximate surface area is 83.7 Å². The van der Waals surface area contributed by atoms with Crippen LogP contribution < -0.4 is 4.74 Å². The zero-order valence-corrected chi connectivity index (χ0v) is 7.67. The van der Waals surface area contributed by atoms with Crippen molar-refractivity contribution in [2.45, 2.75) is 11.5 Å². The average molecular weight is 220 g/mol. The van der Waals surface area contributed by atoms with Crippen LogP contribution in [-0.4, -0.2) is 17.7 Å². The third-order valence-electron chi connectivity index (χ3n) is 1.41. The van der Waals surface area contributed by atoms with Crippen LogP contribution in [0, 0.1) is 0 Å². The lowest BCUT2D eigenvalue weighted by atomic mass is 10.2. The smallest absolute Gasteiger partial charge is 0.387 e. The van der Waals surface area contributed by atoms with Crippen LogP contribution in [0.5, 0.6) is 5.75 Å². The summed E-state index contributed by atoms with van der Waals surface area (Å²) in [6.07, 6.45) is 0. The van der Waals surface area contributed by atoms with E-state index in [1.165, 1.54) is 6.07 Å². The van der Waals surface area contributed by atoms with Crippen molar-refractivity contribution in [2.24, 2.45) is 0 Å². The van der Waals surface area contributed by atoms with Gasteiger partial charge in [0.15, 0.2) is 0 Å². The van der Waals surface area contributed by atoms with Gasteiger partial charge in [-0.05, 0) is 18.2 Å². The van der Waals surface area contributed by atoms with Gasteiger partial charge in [-0.1, -0.05) is 0 Å². The van der Waals surface area contributed by atoms with Crippen LogP contribution in [0.15, 0.2) is 23.1 Å². The first kappa shape index (κ1) is 10.8. The first-order valence-electron chi connectivity index (χ1n) is 3.52. The van der Waals surface area contributed by atoms with E-state index >= 15 is 0 Å². The Morgan fingerprint density at radius 2 is 2.14 bits per heavy atom. The van der Waals surface area contributed by atoms with E-state index in [2.05, 4.69) is 17.4 Å². The van der Waals surface area contributed by atoms with Gasteiger partial charge in [-0.3, -0.25) is 0 Å². The Bertz CT molecular complexity index is 354. The maximum absolute atomic E-state index is 11.8. The lowest BCUT2D eigenvalue weighted by Gasteiger charge is -2.07. The normalized spacial score (nSPS) is 10.3. The van der Waals surface area contributed by atoms with Gasteiger partial charge < -0.3 is 9.84 Å². The molecule has 0 amide bonds. The van der Waals surface area contributed by atoms with E-state index in [1.54, 1.807) is 0 Å². The van der Waals surface area contributed by atoms with Crippen molar-refractivity contribution in [2.75, 3.05) is 0 Å². The molecular formula is C8H6F2O3S. The van der Waals surface area contributed by atoms with E-state index in [-0.39, 0.29) is 11.3 Å². The maximum atomic E-state index is 11.8. The van der Waals surface area contributed by atoms with Gasteiger partial charge in [0.05, 0.1) is 0 Å². The molecule has 0 fully saturated rings. The predicted octanol–water partition coefficient (Wildman–Crippen LogP) is 2.27. The van der Waals surface area contributed by atoms with Gasteiger partial charge in [0.25, 0.3) is 0 Å². The summed E-state index contributed by atoms with van der Waals surface area (Å²) in [7, 11) is 0. The molecule has 0 heterocycles. The molecule has 0 radical (unpaired) electrons. The second kappa shape index (κ2) is 4.28. The third-order valence-corrected chi connectivity index (χ3v) is 1.69. The lowest BCUT2D eigenvalue weighted by Crippen LogP contribution is -2.07. The summed E-state index contributed by atoms with van der Waals surface area (Å²) in [6, 6.07) is 3.65. The van der Waals surface area contributed by atoms with Crippen molar-refractivity contribution in [1.29, 1.82) is 0 Å². The number of aromatic carboxylic acids is 1. The van der Waals surface area contributed by atoms with E-state index in [9.17, 15) is 13.6 Å². The molecule has 1 aromatic carbocycles. The van der Waals surface area contributed by atoms with Gasteiger partial charge in [-0.15, -0.1) is 12.6 Å². The Hall–Kier alpha value is -1.30. The summed E-state index contributed by atoms with van der Waals surface area (Å²) in [5, 5.41) is 8.64. The van der Waals surface area contributed by atoms with Gasteiger partial charge in [-0.2, -0.15) is 8.78 Å². The number of carboxylic acids is 1. The van der Waals surface area contributed by atoms with Gasteiger partial charge in [0.1, 0.15) is 11.3 Å². The second-order valence-electron chi connectivity index (χ2n) is 2.36.